The van der Waals surface area contributed by atoms with Gasteiger partial charge in [-0.05, 0) is 50.1 Å². The zero-order chi connectivity index (χ0) is 24.8. The summed E-state index contributed by atoms with van der Waals surface area (Å²) >= 11 is 0. The van der Waals surface area contributed by atoms with Crippen LogP contribution in [0.25, 0.3) is 0 Å². The third kappa shape index (κ3) is 6.20. The van der Waals surface area contributed by atoms with Gasteiger partial charge in [0.25, 0.3) is 11.8 Å². The number of benzene rings is 3. The normalized spacial score (nSPS) is 12.5. The van der Waals surface area contributed by atoms with Crippen molar-refractivity contribution in [2.75, 3.05) is 18.4 Å². The van der Waals surface area contributed by atoms with Gasteiger partial charge in [-0.15, -0.1) is 0 Å². The van der Waals surface area contributed by atoms with Crippen LogP contribution in [-0.4, -0.2) is 36.6 Å². The summed E-state index contributed by atoms with van der Waals surface area (Å²) in [5, 5.41) is 8.35. The molecule has 0 bridgehead atoms. The van der Waals surface area contributed by atoms with Crippen LogP contribution < -0.4 is 16.0 Å². The fourth-order valence-electron chi connectivity index (χ4n) is 3.60. The molecule has 1 aliphatic rings. The highest BCUT2D eigenvalue weighted by Crippen LogP contribution is 2.28. The third-order valence-corrected chi connectivity index (χ3v) is 5.79. The van der Waals surface area contributed by atoms with Crippen molar-refractivity contribution in [2.24, 2.45) is 5.92 Å². The zero-order valence-corrected chi connectivity index (χ0v) is 19.5. The second kappa shape index (κ2) is 10.8. The minimum Gasteiger partial charge on any atom is -0.354 e. The Morgan fingerprint density at radius 3 is 1.97 bits per heavy atom. The van der Waals surface area contributed by atoms with Crippen molar-refractivity contribution in [3.05, 3.63) is 101 Å². The number of ketones is 1. The predicted octanol–water partition coefficient (Wildman–Crippen LogP) is 3.73. The summed E-state index contributed by atoms with van der Waals surface area (Å²) in [7, 11) is 0. The first kappa shape index (κ1) is 23.9. The molecule has 4 rings (SSSR count). The molecule has 7 nitrogen and oxygen atoms in total. The van der Waals surface area contributed by atoms with Gasteiger partial charge in [-0.3, -0.25) is 19.2 Å². The van der Waals surface area contributed by atoms with E-state index in [4.69, 9.17) is 0 Å². The van der Waals surface area contributed by atoms with E-state index >= 15 is 0 Å². The molecule has 7 heteroatoms. The molecule has 0 radical (unpaired) electrons. The Bertz CT molecular complexity index is 1250. The minimum absolute atomic E-state index is 0.0430. The summed E-state index contributed by atoms with van der Waals surface area (Å²) in [6.45, 7) is 2.66. The fourth-order valence-corrected chi connectivity index (χ4v) is 3.60. The van der Waals surface area contributed by atoms with Crippen molar-refractivity contribution in [3.63, 3.8) is 0 Å². The zero-order valence-electron chi connectivity index (χ0n) is 19.5. The molecule has 0 aliphatic heterocycles. The molecule has 0 aromatic heterocycles. The third-order valence-electron chi connectivity index (χ3n) is 5.79. The van der Waals surface area contributed by atoms with Crippen molar-refractivity contribution in [3.8, 4) is 0 Å². The number of rotatable bonds is 9. The van der Waals surface area contributed by atoms with Crippen LogP contribution in [0.1, 0.15) is 55.0 Å². The highest BCUT2D eigenvalue weighted by atomic mass is 16.2. The molecule has 178 valence electrons. The van der Waals surface area contributed by atoms with E-state index in [-0.39, 0.29) is 29.1 Å². The van der Waals surface area contributed by atoms with E-state index < -0.39 is 5.91 Å². The summed E-state index contributed by atoms with van der Waals surface area (Å²) in [5.41, 5.74) is 3.09. The minimum atomic E-state index is -0.412. The van der Waals surface area contributed by atoms with Crippen molar-refractivity contribution in [2.45, 2.75) is 19.8 Å². The molecule has 0 atom stereocenters. The Morgan fingerprint density at radius 2 is 1.31 bits per heavy atom. The molecular formula is C28H27N3O4. The first-order valence-corrected chi connectivity index (χ1v) is 11.6. The quantitative estimate of drug-likeness (QED) is 0.328. The summed E-state index contributed by atoms with van der Waals surface area (Å²) in [5.74, 6) is -0.721. The number of hydrogen-bond acceptors (Lipinski definition) is 4. The molecule has 3 aromatic rings. The summed E-state index contributed by atoms with van der Waals surface area (Å²) in [6, 6.07) is 20.4. The molecule has 0 heterocycles. The predicted molar refractivity (Wildman–Crippen MR) is 134 cm³/mol. The number of anilines is 1. The molecule has 1 fully saturated rings. The van der Waals surface area contributed by atoms with Crippen LogP contribution >= 0.6 is 0 Å². The fraction of sp³-hybridized carbons (Fsp3) is 0.214. The Labute approximate surface area is 203 Å². The number of nitrogens with one attached hydrogen (secondary N) is 3. The Kier molecular flexibility index (Phi) is 7.35. The smallest absolute Gasteiger partial charge is 0.256 e. The molecule has 1 aliphatic carbocycles. The van der Waals surface area contributed by atoms with Crippen molar-refractivity contribution >= 4 is 29.2 Å². The summed E-state index contributed by atoms with van der Waals surface area (Å²) < 4.78 is 0. The van der Waals surface area contributed by atoms with Gasteiger partial charge in [-0.25, -0.2) is 0 Å². The largest absolute Gasteiger partial charge is 0.354 e. The van der Waals surface area contributed by atoms with Gasteiger partial charge in [0.15, 0.2) is 5.78 Å². The van der Waals surface area contributed by atoms with E-state index in [0.29, 0.717) is 35.5 Å². The number of hydrogen-bond donors (Lipinski definition) is 3. The molecular weight excluding hydrogens is 442 g/mol. The van der Waals surface area contributed by atoms with Crippen LogP contribution in [0.4, 0.5) is 5.69 Å². The Hall–Kier alpha value is -4.26. The molecule has 35 heavy (non-hydrogen) atoms. The lowest BCUT2D eigenvalue weighted by atomic mass is 9.97. The van der Waals surface area contributed by atoms with Gasteiger partial charge in [0.2, 0.25) is 5.91 Å². The van der Waals surface area contributed by atoms with Crippen molar-refractivity contribution in [1.29, 1.82) is 0 Å². The SMILES string of the molecule is Cc1ccc(C(=O)c2ccccc2C(=O)Nc2ccc(C(=O)NCCNC(=O)C3CC3)cc2)cc1. The molecule has 0 unspecified atom stereocenters. The van der Waals surface area contributed by atoms with Crippen LogP contribution in [0.3, 0.4) is 0 Å². The number of carbonyl (C=O) groups excluding carboxylic acids is 4. The van der Waals surface area contributed by atoms with Crippen LogP contribution in [0.5, 0.6) is 0 Å². The average Bonchev–Trinajstić information content (AvgIpc) is 3.72. The van der Waals surface area contributed by atoms with E-state index in [1.165, 1.54) is 0 Å². The van der Waals surface area contributed by atoms with E-state index in [2.05, 4.69) is 16.0 Å². The van der Waals surface area contributed by atoms with Gasteiger partial charge in [-0.1, -0.05) is 48.0 Å². The maximum atomic E-state index is 13.0. The summed E-state index contributed by atoms with van der Waals surface area (Å²) in [6.07, 6.45) is 1.88. The van der Waals surface area contributed by atoms with Gasteiger partial charge in [-0.2, -0.15) is 0 Å². The second-order valence-electron chi connectivity index (χ2n) is 8.59. The van der Waals surface area contributed by atoms with Crippen LogP contribution in [0.2, 0.25) is 0 Å². The van der Waals surface area contributed by atoms with Gasteiger partial charge in [0.05, 0.1) is 5.56 Å². The molecule has 0 saturated heterocycles. The lowest BCUT2D eigenvalue weighted by molar-refractivity contribution is -0.122. The number of carbonyl (C=O) groups is 4. The van der Waals surface area contributed by atoms with Gasteiger partial charge < -0.3 is 16.0 Å². The van der Waals surface area contributed by atoms with Crippen molar-refractivity contribution < 1.29 is 19.2 Å². The molecule has 3 amide bonds. The first-order valence-electron chi connectivity index (χ1n) is 11.6. The number of amides is 3. The van der Waals surface area contributed by atoms with Crippen molar-refractivity contribution in [1.82, 2.24) is 10.6 Å². The maximum Gasteiger partial charge on any atom is 0.256 e. The van der Waals surface area contributed by atoms with E-state index in [9.17, 15) is 19.2 Å². The topological polar surface area (TPSA) is 104 Å². The van der Waals surface area contributed by atoms with E-state index in [0.717, 1.165) is 18.4 Å². The monoisotopic (exact) mass is 469 g/mol. The average molecular weight is 470 g/mol. The lowest BCUT2D eigenvalue weighted by Gasteiger charge is -2.11. The summed E-state index contributed by atoms with van der Waals surface area (Å²) in [4.78, 5) is 49.9. The van der Waals surface area contributed by atoms with Gasteiger partial charge in [0.1, 0.15) is 0 Å². The standard InChI is InChI=1S/C28H27N3O4/c1-18-6-8-19(9-7-18)25(32)23-4-2-3-5-24(23)28(35)31-22-14-12-21(13-15-22)27(34)30-17-16-29-26(33)20-10-11-20/h2-9,12-15,20H,10-11,16-17H2,1H3,(H,29,33)(H,30,34)(H,31,35). The second-order valence-corrected chi connectivity index (χ2v) is 8.59. The highest BCUT2D eigenvalue weighted by Gasteiger charge is 2.29. The van der Waals surface area contributed by atoms with Crippen LogP contribution in [0.15, 0.2) is 72.8 Å². The van der Waals surface area contributed by atoms with E-state index in [1.54, 1.807) is 60.7 Å². The molecule has 0 spiro atoms. The first-order chi connectivity index (χ1) is 16.9. The van der Waals surface area contributed by atoms with Gasteiger partial charge in [0, 0.05) is 41.4 Å². The number of aryl methyl sites for hydroxylation is 1. The highest BCUT2D eigenvalue weighted by molar-refractivity contribution is 6.17. The molecule has 3 N–H and O–H groups in total. The molecule has 1 saturated carbocycles. The van der Waals surface area contributed by atoms with Crippen LogP contribution in [-0.2, 0) is 4.79 Å². The van der Waals surface area contributed by atoms with Gasteiger partial charge >= 0.3 is 0 Å². The van der Waals surface area contributed by atoms with E-state index in [1.807, 2.05) is 19.1 Å². The Morgan fingerprint density at radius 1 is 0.714 bits per heavy atom. The molecule has 3 aromatic carbocycles. The van der Waals surface area contributed by atoms with Crippen LogP contribution in [0, 0.1) is 12.8 Å². The lowest BCUT2D eigenvalue weighted by Crippen LogP contribution is -2.35. The Balaban J connectivity index is 1.35. The maximum absolute atomic E-state index is 13.0.